The fraction of sp³-hybridized carbons (Fsp3) is 0.267. The predicted molar refractivity (Wildman–Crippen MR) is 83.8 cm³/mol. The molecule has 1 unspecified atom stereocenters. The van der Waals surface area contributed by atoms with Crippen LogP contribution in [0.25, 0.3) is 0 Å². The summed E-state index contributed by atoms with van der Waals surface area (Å²) in [5.74, 6) is -0.108. The van der Waals surface area contributed by atoms with E-state index in [1.165, 1.54) is 0 Å². The molecule has 6 nitrogen and oxygen atoms in total. The Morgan fingerprint density at radius 2 is 2.09 bits per heavy atom. The molecule has 0 amide bonds. The minimum atomic E-state index is -0.553. The first kappa shape index (κ1) is 14.6. The molecule has 0 aliphatic carbocycles. The van der Waals surface area contributed by atoms with Crippen LogP contribution in [0.3, 0.4) is 0 Å². The van der Waals surface area contributed by atoms with Gasteiger partial charge in [0.05, 0.1) is 6.04 Å². The van der Waals surface area contributed by atoms with Crippen LogP contribution in [0.1, 0.15) is 35.3 Å². The van der Waals surface area contributed by atoms with Gasteiger partial charge in [-0.25, -0.2) is 4.79 Å². The molecule has 2 heterocycles. The second-order valence-corrected chi connectivity index (χ2v) is 5.55. The summed E-state index contributed by atoms with van der Waals surface area (Å²) in [5.41, 5.74) is -0.242. The molecule has 2 aromatic rings. The summed E-state index contributed by atoms with van der Waals surface area (Å²) in [6, 6.07) is 6.80. The van der Waals surface area contributed by atoms with Gasteiger partial charge < -0.3 is 5.32 Å². The number of Topliss-reactive ketones (excluding diaryl/α,β-unsaturated/α-hetero) is 1. The molecule has 0 fully saturated rings. The van der Waals surface area contributed by atoms with Gasteiger partial charge in [0, 0.05) is 18.0 Å². The van der Waals surface area contributed by atoms with Gasteiger partial charge in [0.2, 0.25) is 0 Å². The maximum Gasteiger partial charge on any atom is 0.329 e. The van der Waals surface area contributed by atoms with Crippen molar-refractivity contribution in [2.45, 2.75) is 25.9 Å². The molecule has 0 bridgehead atoms. The predicted octanol–water partition coefficient (Wildman–Crippen LogP) is 1.95. The van der Waals surface area contributed by atoms with Crippen molar-refractivity contribution in [1.82, 2.24) is 9.55 Å². The Kier molecular flexibility index (Phi) is 3.62. The summed E-state index contributed by atoms with van der Waals surface area (Å²) in [4.78, 5) is 39.0. The number of aromatic nitrogens is 2. The molecule has 2 N–H and O–H groups in total. The summed E-state index contributed by atoms with van der Waals surface area (Å²) in [5, 5.41) is 3.62. The van der Waals surface area contributed by atoms with Crippen LogP contribution in [0, 0.1) is 0 Å². The molecule has 1 aliphatic rings. The number of anilines is 1. The second-order valence-electron chi connectivity index (χ2n) is 5.11. The van der Waals surface area contributed by atoms with E-state index >= 15 is 0 Å². The Balaban J connectivity index is 2.09. The smallest absolute Gasteiger partial charge is 0.329 e. The lowest BCUT2D eigenvalue weighted by atomic mass is 9.95. The Morgan fingerprint density at radius 1 is 1.32 bits per heavy atom. The van der Waals surface area contributed by atoms with Crippen LogP contribution in [-0.2, 0) is 6.54 Å². The number of aromatic amines is 1. The number of nitrogens with zero attached hydrogens (tertiary/aromatic N) is 1. The number of hydrogen-bond donors (Lipinski definition) is 2. The Bertz CT molecular complexity index is 869. The highest BCUT2D eigenvalue weighted by atomic mass is 35.5. The number of H-pyrrole nitrogens is 1. The summed E-state index contributed by atoms with van der Waals surface area (Å²) in [6.45, 7) is 1.89. The Hall–Kier alpha value is -2.34. The van der Waals surface area contributed by atoms with E-state index in [0.717, 1.165) is 10.1 Å². The third-order valence-corrected chi connectivity index (χ3v) is 3.98. The number of benzene rings is 1. The van der Waals surface area contributed by atoms with Gasteiger partial charge in [0.1, 0.15) is 11.4 Å². The molecule has 114 valence electrons. The third kappa shape index (κ3) is 2.35. The average molecular weight is 320 g/mol. The van der Waals surface area contributed by atoms with Crippen molar-refractivity contribution < 1.29 is 4.79 Å². The minimum absolute atomic E-state index is 0.0136. The Labute approximate surface area is 130 Å². The van der Waals surface area contributed by atoms with Crippen LogP contribution < -0.4 is 16.6 Å². The lowest BCUT2D eigenvalue weighted by Crippen LogP contribution is -2.41. The van der Waals surface area contributed by atoms with Crippen molar-refractivity contribution in [3.05, 3.63) is 61.3 Å². The monoisotopic (exact) mass is 319 g/mol. The average Bonchev–Trinajstić information content (AvgIpc) is 2.46. The van der Waals surface area contributed by atoms with Crippen molar-refractivity contribution in [3.8, 4) is 0 Å². The SMILES string of the molecule is CCn1c(=O)[nH]c2c(c1=O)C(=O)CC(c1cccc(Cl)c1)N2. The van der Waals surface area contributed by atoms with Crippen molar-refractivity contribution in [1.29, 1.82) is 0 Å². The molecule has 0 radical (unpaired) electrons. The highest BCUT2D eigenvalue weighted by Crippen LogP contribution is 2.30. The van der Waals surface area contributed by atoms with E-state index in [-0.39, 0.29) is 36.2 Å². The van der Waals surface area contributed by atoms with Crippen molar-refractivity contribution >= 4 is 23.2 Å². The fourth-order valence-electron chi connectivity index (χ4n) is 2.66. The van der Waals surface area contributed by atoms with Gasteiger partial charge in [-0.2, -0.15) is 0 Å². The maximum atomic E-state index is 12.3. The van der Waals surface area contributed by atoms with Crippen molar-refractivity contribution in [2.75, 3.05) is 5.32 Å². The number of halogens is 1. The zero-order chi connectivity index (χ0) is 15.9. The molecular formula is C15H14ClN3O3. The topological polar surface area (TPSA) is 84.0 Å². The molecule has 1 aromatic heterocycles. The van der Waals surface area contributed by atoms with E-state index < -0.39 is 11.2 Å². The molecule has 0 saturated heterocycles. The largest absolute Gasteiger partial charge is 0.363 e. The first-order valence-corrected chi connectivity index (χ1v) is 7.31. The van der Waals surface area contributed by atoms with Crippen LogP contribution in [-0.4, -0.2) is 15.3 Å². The molecule has 22 heavy (non-hydrogen) atoms. The highest BCUT2D eigenvalue weighted by molar-refractivity contribution is 6.30. The summed E-state index contributed by atoms with van der Waals surface area (Å²) >= 11 is 5.97. The van der Waals surface area contributed by atoms with E-state index in [2.05, 4.69) is 10.3 Å². The van der Waals surface area contributed by atoms with Crippen LogP contribution in [0.4, 0.5) is 5.82 Å². The van der Waals surface area contributed by atoms with E-state index in [1.54, 1.807) is 25.1 Å². The van der Waals surface area contributed by atoms with Crippen LogP contribution in [0.15, 0.2) is 33.9 Å². The molecule has 1 aliphatic heterocycles. The van der Waals surface area contributed by atoms with Crippen LogP contribution >= 0.6 is 11.6 Å². The van der Waals surface area contributed by atoms with E-state index in [4.69, 9.17) is 11.6 Å². The van der Waals surface area contributed by atoms with Gasteiger partial charge in [-0.05, 0) is 24.6 Å². The third-order valence-electron chi connectivity index (χ3n) is 3.74. The minimum Gasteiger partial charge on any atom is -0.363 e. The Morgan fingerprint density at radius 3 is 2.77 bits per heavy atom. The zero-order valence-electron chi connectivity index (χ0n) is 11.9. The second kappa shape index (κ2) is 5.46. The van der Waals surface area contributed by atoms with Crippen molar-refractivity contribution in [2.24, 2.45) is 0 Å². The number of rotatable bonds is 2. The van der Waals surface area contributed by atoms with Crippen LogP contribution in [0.5, 0.6) is 0 Å². The zero-order valence-corrected chi connectivity index (χ0v) is 12.6. The number of carbonyl (C=O) groups excluding carboxylic acids is 1. The number of nitrogens with one attached hydrogen (secondary N) is 2. The number of fused-ring (bicyclic) bond motifs is 1. The molecule has 3 rings (SSSR count). The molecule has 1 atom stereocenters. The first-order valence-electron chi connectivity index (χ1n) is 6.93. The molecular weight excluding hydrogens is 306 g/mol. The van der Waals surface area contributed by atoms with Crippen LogP contribution in [0.2, 0.25) is 5.02 Å². The lowest BCUT2D eigenvalue weighted by molar-refractivity contribution is 0.0969. The quantitative estimate of drug-likeness (QED) is 0.886. The molecule has 1 aromatic carbocycles. The molecule has 0 spiro atoms. The van der Waals surface area contributed by atoms with Gasteiger partial charge in [-0.1, -0.05) is 23.7 Å². The van der Waals surface area contributed by atoms with E-state index in [0.29, 0.717) is 5.02 Å². The first-order chi connectivity index (χ1) is 10.5. The van der Waals surface area contributed by atoms with Gasteiger partial charge in [-0.15, -0.1) is 0 Å². The lowest BCUT2D eigenvalue weighted by Gasteiger charge is -2.26. The standard InChI is InChI=1S/C15H14ClN3O3/c1-2-19-14(21)12-11(20)7-10(17-13(12)18-15(19)22)8-4-3-5-9(16)6-8/h3-6,10,17H,2,7H2,1H3,(H,18,22). The maximum absolute atomic E-state index is 12.3. The molecule has 7 heteroatoms. The molecule has 0 saturated carbocycles. The van der Waals surface area contributed by atoms with Crippen molar-refractivity contribution in [3.63, 3.8) is 0 Å². The summed E-state index contributed by atoms with van der Waals surface area (Å²) in [6.07, 6.45) is 0.137. The fourth-order valence-corrected chi connectivity index (χ4v) is 2.86. The summed E-state index contributed by atoms with van der Waals surface area (Å²) in [7, 11) is 0. The highest BCUT2D eigenvalue weighted by Gasteiger charge is 2.30. The van der Waals surface area contributed by atoms with Gasteiger partial charge in [0.15, 0.2) is 5.78 Å². The number of ketones is 1. The van der Waals surface area contributed by atoms with Gasteiger partial charge >= 0.3 is 5.69 Å². The summed E-state index contributed by atoms with van der Waals surface area (Å²) < 4.78 is 1.01. The van der Waals surface area contributed by atoms with E-state index in [1.807, 2.05) is 6.07 Å². The van der Waals surface area contributed by atoms with E-state index in [9.17, 15) is 14.4 Å². The van der Waals surface area contributed by atoms with Gasteiger partial charge in [-0.3, -0.25) is 19.1 Å². The number of carbonyl (C=O) groups is 1. The number of hydrogen-bond acceptors (Lipinski definition) is 4. The van der Waals surface area contributed by atoms with Gasteiger partial charge in [0.25, 0.3) is 5.56 Å². The normalized spacial score (nSPS) is 17.0.